The number of benzene rings is 1. The minimum atomic E-state index is -3.86. The van der Waals surface area contributed by atoms with E-state index in [0.717, 1.165) is 0 Å². The number of hydrogen-bond donors (Lipinski definition) is 0. The Morgan fingerprint density at radius 2 is 2.05 bits per heavy atom. The van der Waals surface area contributed by atoms with Crippen LogP contribution in [0, 0.1) is 17.2 Å². The molecule has 0 aliphatic carbocycles. The van der Waals surface area contributed by atoms with Gasteiger partial charge in [0.15, 0.2) is 0 Å². The molecule has 0 heterocycles. The topological polar surface area (TPSA) is 87.5 Å². The van der Waals surface area contributed by atoms with E-state index in [-0.39, 0.29) is 23.5 Å². The average molecular weight is 310 g/mol. The van der Waals surface area contributed by atoms with Crippen LogP contribution >= 0.6 is 0 Å². The van der Waals surface area contributed by atoms with Crippen molar-refractivity contribution in [2.75, 3.05) is 20.2 Å². The molecule has 0 radical (unpaired) electrons. The van der Waals surface area contributed by atoms with Crippen LogP contribution in [0.25, 0.3) is 0 Å². The molecular formula is C14H18N2O4S. The van der Waals surface area contributed by atoms with Crippen LogP contribution in [0.5, 0.6) is 0 Å². The molecule has 0 saturated carbocycles. The van der Waals surface area contributed by atoms with E-state index in [1.54, 1.807) is 26.0 Å². The predicted octanol–water partition coefficient (Wildman–Crippen LogP) is 1.64. The van der Waals surface area contributed by atoms with Crippen molar-refractivity contribution >= 4 is 16.0 Å². The van der Waals surface area contributed by atoms with Crippen molar-refractivity contribution in [3.05, 3.63) is 29.8 Å². The molecular weight excluding hydrogens is 292 g/mol. The van der Waals surface area contributed by atoms with E-state index in [1.807, 2.05) is 6.07 Å². The number of rotatable bonds is 6. The van der Waals surface area contributed by atoms with Gasteiger partial charge in [0.05, 0.1) is 29.6 Å². The zero-order valence-corrected chi connectivity index (χ0v) is 13.1. The molecule has 114 valence electrons. The van der Waals surface area contributed by atoms with E-state index in [4.69, 9.17) is 5.26 Å². The first-order valence-electron chi connectivity index (χ1n) is 6.45. The summed E-state index contributed by atoms with van der Waals surface area (Å²) < 4.78 is 31.1. The third kappa shape index (κ3) is 3.80. The lowest BCUT2D eigenvalue weighted by Crippen LogP contribution is -2.35. The van der Waals surface area contributed by atoms with Gasteiger partial charge in [0.1, 0.15) is 0 Å². The van der Waals surface area contributed by atoms with Crippen LogP contribution in [0.3, 0.4) is 0 Å². The van der Waals surface area contributed by atoms with Crippen LogP contribution in [-0.4, -0.2) is 38.9 Å². The van der Waals surface area contributed by atoms with E-state index in [2.05, 4.69) is 4.74 Å². The SMILES string of the molecule is CCN(CC(C)C#N)S(=O)(=O)c1ccccc1C(=O)OC. The normalized spacial score (nSPS) is 12.7. The third-order valence-electron chi connectivity index (χ3n) is 2.96. The Morgan fingerprint density at radius 3 is 2.57 bits per heavy atom. The fourth-order valence-corrected chi connectivity index (χ4v) is 3.57. The number of carbonyl (C=O) groups is 1. The number of sulfonamides is 1. The first-order valence-corrected chi connectivity index (χ1v) is 7.89. The lowest BCUT2D eigenvalue weighted by molar-refractivity contribution is 0.0596. The molecule has 0 spiro atoms. The summed E-state index contributed by atoms with van der Waals surface area (Å²) in [6.07, 6.45) is 0. The Balaban J connectivity index is 3.30. The highest BCUT2D eigenvalue weighted by molar-refractivity contribution is 7.89. The predicted molar refractivity (Wildman–Crippen MR) is 77.0 cm³/mol. The summed E-state index contributed by atoms with van der Waals surface area (Å²) in [5, 5.41) is 8.85. The maximum absolute atomic E-state index is 12.7. The van der Waals surface area contributed by atoms with Crippen molar-refractivity contribution in [1.82, 2.24) is 4.31 Å². The number of methoxy groups -OCH3 is 1. The molecule has 1 rings (SSSR count). The molecule has 0 fully saturated rings. The summed E-state index contributed by atoms with van der Waals surface area (Å²) in [4.78, 5) is 11.6. The number of esters is 1. The lowest BCUT2D eigenvalue weighted by Gasteiger charge is -2.22. The van der Waals surface area contributed by atoms with E-state index in [9.17, 15) is 13.2 Å². The number of carbonyl (C=O) groups excluding carboxylic acids is 1. The van der Waals surface area contributed by atoms with Gasteiger partial charge in [-0.25, -0.2) is 13.2 Å². The Hall–Kier alpha value is -1.91. The van der Waals surface area contributed by atoms with Gasteiger partial charge in [0.2, 0.25) is 10.0 Å². The average Bonchev–Trinajstić information content (AvgIpc) is 2.51. The van der Waals surface area contributed by atoms with E-state index >= 15 is 0 Å². The van der Waals surface area contributed by atoms with Crippen molar-refractivity contribution < 1.29 is 17.9 Å². The second-order valence-electron chi connectivity index (χ2n) is 4.47. The molecule has 0 saturated heterocycles. The molecule has 7 heteroatoms. The first kappa shape index (κ1) is 17.1. The number of nitrogens with zero attached hydrogens (tertiary/aromatic N) is 2. The molecule has 21 heavy (non-hydrogen) atoms. The van der Waals surface area contributed by atoms with Crippen molar-refractivity contribution in [1.29, 1.82) is 5.26 Å². The van der Waals surface area contributed by atoms with Gasteiger partial charge in [-0.2, -0.15) is 9.57 Å². The highest BCUT2D eigenvalue weighted by Crippen LogP contribution is 2.21. The van der Waals surface area contributed by atoms with Gasteiger partial charge in [-0.15, -0.1) is 0 Å². The molecule has 1 aromatic carbocycles. The fraction of sp³-hybridized carbons (Fsp3) is 0.429. The van der Waals surface area contributed by atoms with E-state index in [1.165, 1.54) is 23.5 Å². The zero-order valence-electron chi connectivity index (χ0n) is 12.2. The maximum atomic E-state index is 12.7. The molecule has 1 aromatic rings. The molecule has 0 N–H and O–H groups in total. The second-order valence-corrected chi connectivity index (χ2v) is 6.38. The van der Waals surface area contributed by atoms with E-state index < -0.39 is 21.9 Å². The Labute approximate surface area is 125 Å². The van der Waals surface area contributed by atoms with Gasteiger partial charge in [-0.05, 0) is 19.1 Å². The van der Waals surface area contributed by atoms with Crippen LogP contribution in [0.2, 0.25) is 0 Å². The molecule has 0 aliphatic rings. The van der Waals surface area contributed by atoms with Crippen LogP contribution in [-0.2, 0) is 14.8 Å². The molecule has 6 nitrogen and oxygen atoms in total. The Bertz CT molecular complexity index is 649. The van der Waals surface area contributed by atoms with Crippen molar-refractivity contribution in [2.24, 2.45) is 5.92 Å². The van der Waals surface area contributed by atoms with Crippen LogP contribution in [0.4, 0.5) is 0 Å². The molecule has 1 atom stereocenters. The zero-order chi connectivity index (χ0) is 16.0. The fourth-order valence-electron chi connectivity index (χ4n) is 1.85. The summed E-state index contributed by atoms with van der Waals surface area (Å²) in [6.45, 7) is 3.61. The largest absolute Gasteiger partial charge is 0.465 e. The maximum Gasteiger partial charge on any atom is 0.339 e. The van der Waals surface area contributed by atoms with Crippen molar-refractivity contribution in [3.8, 4) is 6.07 Å². The summed E-state index contributed by atoms with van der Waals surface area (Å²) >= 11 is 0. The summed E-state index contributed by atoms with van der Waals surface area (Å²) in [7, 11) is -2.67. The molecule has 1 unspecified atom stereocenters. The lowest BCUT2D eigenvalue weighted by atomic mass is 10.2. The second kappa shape index (κ2) is 7.20. The van der Waals surface area contributed by atoms with Gasteiger partial charge in [-0.3, -0.25) is 0 Å². The van der Waals surface area contributed by atoms with Crippen LogP contribution in [0.1, 0.15) is 24.2 Å². The monoisotopic (exact) mass is 310 g/mol. The molecule has 0 aromatic heterocycles. The molecule has 0 aliphatic heterocycles. The first-order chi connectivity index (χ1) is 9.88. The molecule has 0 bridgehead atoms. The highest BCUT2D eigenvalue weighted by atomic mass is 32.2. The van der Waals surface area contributed by atoms with Crippen molar-refractivity contribution in [2.45, 2.75) is 18.7 Å². The third-order valence-corrected chi connectivity index (χ3v) is 4.96. The van der Waals surface area contributed by atoms with Crippen LogP contribution in [0.15, 0.2) is 29.2 Å². The summed E-state index contributed by atoms with van der Waals surface area (Å²) in [6, 6.07) is 7.88. The number of ether oxygens (including phenoxy) is 1. The van der Waals surface area contributed by atoms with Gasteiger partial charge < -0.3 is 4.74 Å². The number of nitriles is 1. The van der Waals surface area contributed by atoms with Gasteiger partial charge >= 0.3 is 5.97 Å². The smallest absolute Gasteiger partial charge is 0.339 e. The quantitative estimate of drug-likeness (QED) is 0.745. The van der Waals surface area contributed by atoms with Gasteiger partial charge in [0, 0.05) is 13.1 Å². The number of hydrogen-bond acceptors (Lipinski definition) is 5. The minimum absolute atomic E-state index is 0.0111. The summed E-state index contributed by atoms with van der Waals surface area (Å²) in [5.74, 6) is -1.15. The Morgan fingerprint density at radius 1 is 1.43 bits per heavy atom. The minimum Gasteiger partial charge on any atom is -0.465 e. The molecule has 0 amide bonds. The van der Waals surface area contributed by atoms with E-state index in [0.29, 0.717) is 0 Å². The summed E-state index contributed by atoms with van der Waals surface area (Å²) in [5.41, 5.74) is -0.0111. The van der Waals surface area contributed by atoms with Gasteiger partial charge in [0.25, 0.3) is 0 Å². The standard InChI is InChI=1S/C14H18N2O4S/c1-4-16(10-11(2)9-15)21(18,19)13-8-6-5-7-12(13)14(17)20-3/h5-8,11H,4,10H2,1-3H3. The highest BCUT2D eigenvalue weighted by Gasteiger charge is 2.29. The van der Waals surface area contributed by atoms with Crippen LogP contribution < -0.4 is 0 Å². The Kier molecular flexibility index (Phi) is 5.88. The van der Waals surface area contributed by atoms with Gasteiger partial charge in [-0.1, -0.05) is 19.1 Å². The van der Waals surface area contributed by atoms with Crippen molar-refractivity contribution in [3.63, 3.8) is 0 Å².